The van der Waals surface area contributed by atoms with E-state index < -0.39 is 0 Å². The van der Waals surface area contributed by atoms with Crippen LogP contribution in [0, 0.1) is 0 Å². The molecule has 178 valence electrons. The molecule has 0 amide bonds. The molecule has 1 aromatic heterocycles. The van der Waals surface area contributed by atoms with Crippen molar-refractivity contribution in [3.8, 4) is 17.4 Å². The average molecular weight is 460 g/mol. The molecule has 1 aromatic carbocycles. The molecule has 0 aliphatic heterocycles. The van der Waals surface area contributed by atoms with Crippen LogP contribution in [0.3, 0.4) is 0 Å². The molecule has 2 rings (SSSR count). The number of hydrogen-bond donors (Lipinski definition) is 2. The first-order chi connectivity index (χ1) is 15.7. The highest BCUT2D eigenvalue weighted by Gasteiger charge is 2.11. The van der Waals surface area contributed by atoms with Crippen molar-refractivity contribution in [3.63, 3.8) is 0 Å². The van der Waals surface area contributed by atoms with E-state index in [0.29, 0.717) is 0 Å². The third kappa shape index (κ3) is 10.2. The average Bonchev–Trinajstić information content (AvgIpc) is 3.14. The Kier molecular flexibility index (Phi) is 13.8. The lowest BCUT2D eigenvalue weighted by molar-refractivity contribution is 0.402. The largest absolute Gasteiger partial charge is 0.494 e. The molecule has 1 heterocycles. The molecule has 32 heavy (non-hydrogen) atoms. The van der Waals surface area contributed by atoms with Gasteiger partial charge in [0.1, 0.15) is 0 Å². The highest BCUT2D eigenvalue weighted by atomic mass is 35.5. The van der Waals surface area contributed by atoms with Gasteiger partial charge in [-0.1, -0.05) is 94.6 Å². The second kappa shape index (κ2) is 16.7. The van der Waals surface area contributed by atoms with E-state index in [0.717, 1.165) is 36.4 Å². The summed E-state index contributed by atoms with van der Waals surface area (Å²) in [6.45, 7) is 0. The topological polar surface area (TPSA) is 45.4 Å². The summed E-state index contributed by atoms with van der Waals surface area (Å²) in [5.74, 6) is 0.935. The Morgan fingerprint density at radius 1 is 0.625 bits per heavy atom. The summed E-state index contributed by atoms with van der Waals surface area (Å²) in [5, 5.41) is 20.0. The Morgan fingerprint density at radius 3 is 1.72 bits per heavy atom. The van der Waals surface area contributed by atoms with Gasteiger partial charge in [0.15, 0.2) is 11.8 Å². The zero-order chi connectivity index (χ0) is 22.9. The Labute approximate surface area is 200 Å². The van der Waals surface area contributed by atoms with Crippen molar-refractivity contribution in [1.82, 2.24) is 4.57 Å². The summed E-state index contributed by atoms with van der Waals surface area (Å²) < 4.78 is 1.49. The molecule has 4 heteroatoms. The van der Waals surface area contributed by atoms with Gasteiger partial charge in [-0.2, -0.15) is 0 Å². The van der Waals surface area contributed by atoms with Gasteiger partial charge in [0.25, 0.3) is 0 Å². The highest BCUT2D eigenvalue weighted by molar-refractivity contribution is 6.17. The number of aromatic hydroxyl groups is 2. The van der Waals surface area contributed by atoms with Crippen molar-refractivity contribution in [3.05, 3.63) is 54.1 Å². The quantitative estimate of drug-likeness (QED) is 0.133. The maximum absolute atomic E-state index is 10.0. The van der Waals surface area contributed by atoms with E-state index in [2.05, 4.69) is 18.2 Å². The minimum atomic E-state index is 0.0589. The van der Waals surface area contributed by atoms with Crippen molar-refractivity contribution >= 4 is 11.6 Å². The van der Waals surface area contributed by atoms with E-state index in [1.54, 1.807) is 0 Å². The fourth-order valence-electron chi connectivity index (χ4n) is 4.20. The number of para-hydroxylation sites is 1. The van der Waals surface area contributed by atoms with Crippen molar-refractivity contribution in [2.75, 3.05) is 5.88 Å². The van der Waals surface area contributed by atoms with Crippen LogP contribution in [0.25, 0.3) is 5.69 Å². The van der Waals surface area contributed by atoms with Crippen LogP contribution in [0.2, 0.25) is 0 Å². The molecule has 0 radical (unpaired) electrons. The van der Waals surface area contributed by atoms with E-state index in [1.807, 2.05) is 18.2 Å². The maximum Gasteiger partial charge on any atom is 0.198 e. The van der Waals surface area contributed by atoms with E-state index in [9.17, 15) is 10.2 Å². The Morgan fingerprint density at radius 2 is 1.12 bits per heavy atom. The fraction of sp³-hybridized carbons (Fsp3) is 0.571. The number of unbranched alkanes of at least 4 members (excludes halogenated alkanes) is 12. The van der Waals surface area contributed by atoms with Crippen molar-refractivity contribution in [2.45, 2.75) is 96.3 Å². The van der Waals surface area contributed by atoms with Crippen LogP contribution in [0.1, 0.15) is 95.5 Å². The third-order valence-corrected chi connectivity index (χ3v) is 6.34. The van der Waals surface area contributed by atoms with Crippen molar-refractivity contribution in [2.24, 2.45) is 0 Å². The summed E-state index contributed by atoms with van der Waals surface area (Å²) >= 11 is 5.70. The summed E-state index contributed by atoms with van der Waals surface area (Å²) in [5.41, 5.74) is 1.96. The molecular formula is C28H42ClNO2. The van der Waals surface area contributed by atoms with Crippen LogP contribution in [0.5, 0.6) is 11.8 Å². The van der Waals surface area contributed by atoms with Gasteiger partial charge in [-0.15, -0.1) is 11.6 Å². The van der Waals surface area contributed by atoms with Gasteiger partial charge >= 0.3 is 0 Å². The van der Waals surface area contributed by atoms with Crippen LogP contribution in [-0.2, 0) is 6.42 Å². The number of benzene rings is 1. The lowest BCUT2D eigenvalue weighted by Gasteiger charge is -2.12. The number of rotatable bonds is 18. The van der Waals surface area contributed by atoms with Gasteiger partial charge in [0.05, 0.1) is 5.69 Å². The molecule has 0 unspecified atom stereocenters. The van der Waals surface area contributed by atoms with E-state index in [1.165, 1.54) is 93.7 Å². The predicted molar refractivity (Wildman–Crippen MR) is 137 cm³/mol. The Hall–Kier alpha value is -1.87. The number of hydrogen-bond acceptors (Lipinski definition) is 2. The molecule has 0 bridgehead atoms. The Bertz CT molecular complexity index is 749. The molecule has 0 aliphatic carbocycles. The van der Waals surface area contributed by atoms with Crippen LogP contribution < -0.4 is 0 Å². The second-order valence-electron chi connectivity index (χ2n) is 8.74. The van der Waals surface area contributed by atoms with Gasteiger partial charge in [-0.25, -0.2) is 0 Å². The summed E-state index contributed by atoms with van der Waals surface area (Å²) in [4.78, 5) is 0. The molecule has 0 fully saturated rings. The van der Waals surface area contributed by atoms with Gasteiger partial charge in [0.2, 0.25) is 0 Å². The smallest absolute Gasteiger partial charge is 0.198 e. The van der Waals surface area contributed by atoms with E-state index >= 15 is 0 Å². The molecule has 0 saturated heterocycles. The first-order valence-electron chi connectivity index (χ1n) is 12.6. The Balaban J connectivity index is 1.49. The van der Waals surface area contributed by atoms with Crippen LogP contribution in [0.15, 0.2) is 48.6 Å². The lowest BCUT2D eigenvalue weighted by atomic mass is 10.0. The summed E-state index contributed by atoms with van der Waals surface area (Å²) in [7, 11) is 0. The highest BCUT2D eigenvalue weighted by Crippen LogP contribution is 2.29. The maximum atomic E-state index is 10.0. The van der Waals surface area contributed by atoms with Crippen LogP contribution >= 0.6 is 11.6 Å². The van der Waals surface area contributed by atoms with Gasteiger partial charge < -0.3 is 10.2 Å². The molecule has 3 nitrogen and oxygen atoms in total. The number of allylic oxidation sites excluding steroid dienone is 2. The zero-order valence-corrected chi connectivity index (χ0v) is 20.4. The minimum Gasteiger partial charge on any atom is -0.494 e. The second-order valence-corrected chi connectivity index (χ2v) is 9.12. The first-order valence-corrected chi connectivity index (χ1v) is 13.2. The van der Waals surface area contributed by atoms with Crippen LogP contribution in [0.4, 0.5) is 0 Å². The van der Waals surface area contributed by atoms with Crippen LogP contribution in [-0.4, -0.2) is 20.7 Å². The molecule has 0 atom stereocenters. The van der Waals surface area contributed by atoms with Crippen molar-refractivity contribution < 1.29 is 10.2 Å². The zero-order valence-electron chi connectivity index (χ0n) is 19.7. The first kappa shape index (κ1) is 26.4. The van der Waals surface area contributed by atoms with E-state index in [-0.39, 0.29) is 11.8 Å². The summed E-state index contributed by atoms with van der Waals surface area (Å²) in [6, 6.07) is 10.9. The van der Waals surface area contributed by atoms with Gasteiger partial charge in [-0.05, 0) is 43.7 Å². The SMILES string of the molecule is Oc1ccc(O)n1-c1ccccc1CCC=CCCCCCCCCCCCCCCCl. The van der Waals surface area contributed by atoms with Gasteiger partial charge in [0, 0.05) is 18.0 Å². The molecule has 2 N–H and O–H groups in total. The molecule has 0 aliphatic rings. The predicted octanol–water partition coefficient (Wildman–Crippen LogP) is 8.69. The lowest BCUT2D eigenvalue weighted by Crippen LogP contribution is -1.98. The number of alkyl halides is 1. The van der Waals surface area contributed by atoms with Crippen molar-refractivity contribution in [1.29, 1.82) is 0 Å². The number of aromatic nitrogens is 1. The standard InChI is InChI=1S/C28H42ClNO2/c29-24-18-14-12-10-8-6-4-2-1-3-5-7-9-11-13-15-19-25-20-16-17-21-26(25)30-27(31)22-23-28(30)32/h11,13,16-17,20-23,31-32H,1-10,12,14-15,18-19,24H2. The van der Waals surface area contributed by atoms with E-state index in [4.69, 9.17) is 11.6 Å². The number of aryl methyl sites for hydroxylation is 1. The molecular weight excluding hydrogens is 418 g/mol. The normalized spacial score (nSPS) is 11.5. The number of halogens is 1. The number of nitrogens with zero attached hydrogens (tertiary/aromatic N) is 1. The fourth-order valence-corrected chi connectivity index (χ4v) is 4.39. The third-order valence-electron chi connectivity index (χ3n) is 6.07. The molecule has 2 aromatic rings. The van der Waals surface area contributed by atoms with Gasteiger partial charge in [-0.3, -0.25) is 4.57 Å². The molecule has 0 saturated carbocycles. The monoisotopic (exact) mass is 459 g/mol. The minimum absolute atomic E-state index is 0.0589. The molecule has 0 spiro atoms. The summed E-state index contributed by atoms with van der Waals surface area (Å²) in [6.07, 6.45) is 23.7.